The molecule has 1 aromatic carbocycles. The molecule has 0 N–H and O–H groups in total. The van der Waals surface area contributed by atoms with Crippen LogP contribution in [0.15, 0.2) is 30.3 Å². The Morgan fingerprint density at radius 2 is 1.88 bits per heavy atom. The largest absolute Gasteiger partial charge is 0.380 e. The van der Waals surface area contributed by atoms with E-state index in [4.69, 9.17) is 4.74 Å². The summed E-state index contributed by atoms with van der Waals surface area (Å²) in [7, 11) is 0. The van der Waals surface area contributed by atoms with Crippen molar-refractivity contribution < 1.29 is 4.74 Å². The molecule has 1 saturated heterocycles. The van der Waals surface area contributed by atoms with Crippen molar-refractivity contribution >= 4 is 0 Å². The van der Waals surface area contributed by atoms with Gasteiger partial charge in [-0.15, -0.1) is 0 Å². The predicted molar refractivity (Wildman–Crippen MR) is 67.5 cm³/mol. The smallest absolute Gasteiger partial charge is 0.0544 e. The molecular formula is C15H22O. The normalized spacial score (nSPS) is 18.1. The highest BCUT2D eigenvalue weighted by atomic mass is 16.5. The fourth-order valence-corrected chi connectivity index (χ4v) is 2.65. The van der Waals surface area contributed by atoms with E-state index in [2.05, 4.69) is 37.3 Å². The third-order valence-corrected chi connectivity index (χ3v) is 3.61. The number of benzene rings is 1. The van der Waals surface area contributed by atoms with Crippen LogP contribution in [0.1, 0.15) is 38.2 Å². The van der Waals surface area contributed by atoms with Crippen molar-refractivity contribution in [2.45, 2.75) is 39.0 Å². The molecule has 16 heavy (non-hydrogen) atoms. The van der Waals surface area contributed by atoms with Crippen molar-refractivity contribution in [3.8, 4) is 0 Å². The monoisotopic (exact) mass is 218 g/mol. The summed E-state index contributed by atoms with van der Waals surface area (Å²) in [5, 5.41) is 0. The van der Waals surface area contributed by atoms with Gasteiger partial charge in [0.25, 0.3) is 0 Å². The van der Waals surface area contributed by atoms with Crippen LogP contribution in [-0.4, -0.2) is 13.2 Å². The van der Waals surface area contributed by atoms with Gasteiger partial charge in [0.2, 0.25) is 0 Å². The molecule has 1 nitrogen and oxygen atoms in total. The third-order valence-electron chi connectivity index (χ3n) is 3.61. The minimum Gasteiger partial charge on any atom is -0.380 e. The zero-order valence-corrected chi connectivity index (χ0v) is 10.2. The first-order valence-corrected chi connectivity index (χ1v) is 6.46. The second kappa shape index (κ2) is 5.49. The van der Waals surface area contributed by atoms with Gasteiger partial charge < -0.3 is 4.74 Å². The molecule has 1 aliphatic heterocycles. The summed E-state index contributed by atoms with van der Waals surface area (Å²) in [6.07, 6.45) is 6.46. The van der Waals surface area contributed by atoms with Crippen LogP contribution in [0.5, 0.6) is 0 Å². The Kier molecular flexibility index (Phi) is 4.00. The van der Waals surface area contributed by atoms with Crippen molar-refractivity contribution in [1.82, 2.24) is 0 Å². The standard InChI is InChI=1S/C15H22O/c1-2-10-15(12-16-13-15)11-6-9-14-7-4-3-5-8-14/h3-5,7-8H,2,6,9-13H2,1H3. The van der Waals surface area contributed by atoms with E-state index in [0.717, 1.165) is 13.2 Å². The molecule has 0 aromatic heterocycles. The van der Waals surface area contributed by atoms with Crippen molar-refractivity contribution in [3.63, 3.8) is 0 Å². The van der Waals surface area contributed by atoms with Gasteiger partial charge in [-0.2, -0.15) is 0 Å². The summed E-state index contributed by atoms with van der Waals surface area (Å²) in [4.78, 5) is 0. The zero-order chi connectivity index (χ0) is 11.3. The fraction of sp³-hybridized carbons (Fsp3) is 0.600. The van der Waals surface area contributed by atoms with E-state index < -0.39 is 0 Å². The van der Waals surface area contributed by atoms with Crippen LogP contribution in [0, 0.1) is 5.41 Å². The van der Waals surface area contributed by atoms with Gasteiger partial charge in [0, 0.05) is 5.41 Å². The molecule has 0 radical (unpaired) electrons. The second-order valence-corrected chi connectivity index (χ2v) is 5.08. The van der Waals surface area contributed by atoms with Crippen molar-refractivity contribution in [2.75, 3.05) is 13.2 Å². The number of aryl methyl sites for hydroxylation is 1. The number of hydrogen-bond acceptors (Lipinski definition) is 1. The lowest BCUT2D eigenvalue weighted by molar-refractivity contribution is -0.122. The molecule has 0 amide bonds. The Hall–Kier alpha value is -0.820. The molecule has 0 aliphatic carbocycles. The van der Waals surface area contributed by atoms with E-state index in [9.17, 15) is 0 Å². The predicted octanol–water partition coefficient (Wildman–Crippen LogP) is 3.83. The molecule has 0 atom stereocenters. The van der Waals surface area contributed by atoms with E-state index in [1.54, 1.807) is 0 Å². The first-order chi connectivity index (χ1) is 7.85. The van der Waals surface area contributed by atoms with Gasteiger partial charge in [0.05, 0.1) is 13.2 Å². The molecule has 2 rings (SSSR count). The Balaban J connectivity index is 1.75. The van der Waals surface area contributed by atoms with Gasteiger partial charge in [0.1, 0.15) is 0 Å². The first kappa shape index (κ1) is 11.7. The van der Waals surface area contributed by atoms with Gasteiger partial charge in [-0.3, -0.25) is 0 Å². The summed E-state index contributed by atoms with van der Waals surface area (Å²) in [6.45, 7) is 4.27. The average molecular weight is 218 g/mol. The Morgan fingerprint density at radius 3 is 2.44 bits per heavy atom. The van der Waals surface area contributed by atoms with Gasteiger partial charge in [-0.25, -0.2) is 0 Å². The minimum absolute atomic E-state index is 0.531. The summed E-state index contributed by atoms with van der Waals surface area (Å²) < 4.78 is 5.39. The second-order valence-electron chi connectivity index (χ2n) is 5.08. The minimum atomic E-state index is 0.531. The SMILES string of the molecule is CCCC1(CCCc2ccccc2)COC1. The molecule has 0 saturated carbocycles. The number of hydrogen-bond donors (Lipinski definition) is 0. The van der Waals surface area contributed by atoms with Crippen molar-refractivity contribution in [1.29, 1.82) is 0 Å². The highest BCUT2D eigenvalue weighted by Crippen LogP contribution is 2.37. The zero-order valence-electron chi connectivity index (χ0n) is 10.2. The Bertz CT molecular complexity index is 300. The highest BCUT2D eigenvalue weighted by Gasteiger charge is 2.36. The molecule has 1 aliphatic rings. The number of rotatable bonds is 6. The molecule has 1 fully saturated rings. The van der Waals surface area contributed by atoms with E-state index in [-0.39, 0.29) is 0 Å². The van der Waals surface area contributed by atoms with E-state index in [1.807, 2.05) is 0 Å². The lowest BCUT2D eigenvalue weighted by Crippen LogP contribution is -2.42. The molecule has 1 heteroatoms. The van der Waals surface area contributed by atoms with Gasteiger partial charge in [-0.1, -0.05) is 43.7 Å². The maximum absolute atomic E-state index is 5.39. The maximum atomic E-state index is 5.39. The molecule has 0 bridgehead atoms. The van der Waals surface area contributed by atoms with Gasteiger partial charge in [0.15, 0.2) is 0 Å². The first-order valence-electron chi connectivity index (χ1n) is 6.46. The highest BCUT2D eigenvalue weighted by molar-refractivity contribution is 5.14. The summed E-state index contributed by atoms with van der Waals surface area (Å²) in [5.41, 5.74) is 2.00. The Morgan fingerprint density at radius 1 is 1.12 bits per heavy atom. The lowest BCUT2D eigenvalue weighted by Gasteiger charge is -2.41. The molecule has 0 spiro atoms. The van der Waals surface area contributed by atoms with Gasteiger partial charge in [-0.05, 0) is 31.2 Å². The van der Waals surface area contributed by atoms with Crippen LogP contribution in [0.2, 0.25) is 0 Å². The maximum Gasteiger partial charge on any atom is 0.0544 e. The van der Waals surface area contributed by atoms with Crippen LogP contribution in [0.4, 0.5) is 0 Å². The van der Waals surface area contributed by atoms with Crippen LogP contribution in [-0.2, 0) is 11.2 Å². The topological polar surface area (TPSA) is 9.23 Å². The molecule has 0 unspecified atom stereocenters. The molecule has 1 heterocycles. The Labute approximate surface area is 98.8 Å². The lowest BCUT2D eigenvalue weighted by atomic mass is 9.77. The third kappa shape index (κ3) is 2.85. The van der Waals surface area contributed by atoms with E-state index in [1.165, 1.54) is 37.7 Å². The van der Waals surface area contributed by atoms with E-state index in [0.29, 0.717) is 5.41 Å². The number of ether oxygens (including phenoxy) is 1. The van der Waals surface area contributed by atoms with Crippen LogP contribution in [0.3, 0.4) is 0 Å². The van der Waals surface area contributed by atoms with Crippen LogP contribution < -0.4 is 0 Å². The van der Waals surface area contributed by atoms with E-state index >= 15 is 0 Å². The van der Waals surface area contributed by atoms with Crippen molar-refractivity contribution in [3.05, 3.63) is 35.9 Å². The van der Waals surface area contributed by atoms with Gasteiger partial charge >= 0.3 is 0 Å². The molecule has 88 valence electrons. The van der Waals surface area contributed by atoms with Crippen molar-refractivity contribution in [2.24, 2.45) is 5.41 Å². The molecule has 1 aromatic rings. The summed E-state index contributed by atoms with van der Waals surface area (Å²) in [5.74, 6) is 0. The molecular weight excluding hydrogens is 196 g/mol. The quantitative estimate of drug-likeness (QED) is 0.705. The average Bonchev–Trinajstić information content (AvgIpc) is 2.27. The summed E-state index contributed by atoms with van der Waals surface area (Å²) in [6, 6.07) is 10.8. The van der Waals surface area contributed by atoms with Crippen LogP contribution >= 0.6 is 0 Å². The summed E-state index contributed by atoms with van der Waals surface area (Å²) >= 11 is 0. The van der Waals surface area contributed by atoms with Crippen LogP contribution in [0.25, 0.3) is 0 Å². The fourth-order valence-electron chi connectivity index (χ4n) is 2.65.